The van der Waals surface area contributed by atoms with E-state index in [2.05, 4.69) is 11.9 Å². The van der Waals surface area contributed by atoms with Crippen molar-refractivity contribution in [3.63, 3.8) is 0 Å². The van der Waals surface area contributed by atoms with E-state index < -0.39 is 12.1 Å². The van der Waals surface area contributed by atoms with Gasteiger partial charge in [0.05, 0.1) is 12.6 Å². The molecule has 1 N–H and O–H groups in total. The first kappa shape index (κ1) is 19.5. The van der Waals surface area contributed by atoms with Crippen LogP contribution in [0, 0.1) is 0 Å². The second kappa shape index (κ2) is 10.3. The van der Waals surface area contributed by atoms with Crippen molar-refractivity contribution in [1.82, 2.24) is 5.32 Å². The van der Waals surface area contributed by atoms with Gasteiger partial charge in [0.25, 0.3) is 0 Å². The van der Waals surface area contributed by atoms with Gasteiger partial charge in [-0.15, -0.1) is 0 Å². The number of hydrogen-bond acceptors (Lipinski definition) is 4. The lowest BCUT2D eigenvalue weighted by molar-refractivity contribution is -0.126. The number of benzene rings is 1. The highest BCUT2D eigenvalue weighted by Crippen LogP contribution is 2.24. The van der Waals surface area contributed by atoms with E-state index in [4.69, 9.17) is 32.7 Å². The van der Waals surface area contributed by atoms with Gasteiger partial charge in [0.2, 0.25) is 0 Å². The second-order valence-electron chi connectivity index (χ2n) is 4.65. The quantitative estimate of drug-likeness (QED) is 0.681. The predicted octanol–water partition coefficient (Wildman–Crippen LogP) is 3.77. The minimum absolute atomic E-state index is 0.0813. The number of ether oxygens (including phenoxy) is 2. The van der Waals surface area contributed by atoms with Crippen molar-refractivity contribution in [2.45, 2.75) is 26.0 Å². The molecule has 0 saturated carbocycles. The van der Waals surface area contributed by atoms with Crippen molar-refractivity contribution >= 4 is 35.1 Å². The van der Waals surface area contributed by atoms with Gasteiger partial charge < -0.3 is 14.8 Å². The molecule has 1 rings (SSSR count). The molecule has 0 aromatic heterocycles. The Labute approximate surface area is 145 Å². The van der Waals surface area contributed by atoms with E-state index in [-0.39, 0.29) is 25.6 Å². The van der Waals surface area contributed by atoms with Gasteiger partial charge in [-0.2, -0.15) is 0 Å². The molecule has 0 aliphatic rings. The Kier molecular flexibility index (Phi) is 8.69. The van der Waals surface area contributed by atoms with Crippen LogP contribution in [0.15, 0.2) is 30.9 Å². The summed E-state index contributed by atoms with van der Waals surface area (Å²) in [5.74, 6) is -0.258. The summed E-state index contributed by atoms with van der Waals surface area (Å²) in [4.78, 5) is 23.5. The molecule has 0 bridgehead atoms. The van der Waals surface area contributed by atoms with Crippen LogP contribution in [0.5, 0.6) is 0 Å². The zero-order valence-corrected chi connectivity index (χ0v) is 14.3. The highest BCUT2D eigenvalue weighted by Gasteiger charge is 2.19. The van der Waals surface area contributed by atoms with Crippen LogP contribution in [-0.4, -0.2) is 31.1 Å². The number of carbonyl (C=O) groups is 2. The van der Waals surface area contributed by atoms with Gasteiger partial charge in [-0.3, -0.25) is 4.79 Å². The minimum atomic E-state index is -0.672. The van der Waals surface area contributed by atoms with Crippen LogP contribution in [-0.2, 0) is 20.9 Å². The molecular formula is C16H19Cl2NO4. The number of amides is 1. The standard InChI is InChI=1S/C16H19Cl2NO4/c1-3-8-23-16(21)19-14(4-2)15(20)10-22-9-11-12(17)6-5-7-13(11)18/h3,5-7,14H,1,4,8-10H2,2H3,(H,19,21). The van der Waals surface area contributed by atoms with Crippen LogP contribution in [0.3, 0.4) is 0 Å². The van der Waals surface area contributed by atoms with Crippen molar-refractivity contribution in [3.05, 3.63) is 46.5 Å². The van der Waals surface area contributed by atoms with E-state index in [1.165, 1.54) is 6.08 Å². The first-order valence-corrected chi connectivity index (χ1v) is 7.82. The Bertz CT molecular complexity index is 543. The monoisotopic (exact) mass is 359 g/mol. The van der Waals surface area contributed by atoms with Crippen molar-refractivity contribution in [2.24, 2.45) is 0 Å². The maximum atomic E-state index is 12.1. The van der Waals surface area contributed by atoms with Gasteiger partial charge in [-0.25, -0.2) is 4.79 Å². The molecule has 0 aliphatic heterocycles. The number of alkyl carbamates (subject to hydrolysis) is 1. The molecule has 0 saturated heterocycles. The van der Waals surface area contributed by atoms with Gasteiger partial charge in [0.1, 0.15) is 13.2 Å². The molecule has 1 aromatic carbocycles. The Balaban J connectivity index is 2.47. The number of nitrogens with one attached hydrogen (secondary N) is 1. The lowest BCUT2D eigenvalue weighted by atomic mass is 10.1. The van der Waals surface area contributed by atoms with Gasteiger partial charge in [-0.1, -0.05) is 48.8 Å². The van der Waals surface area contributed by atoms with Gasteiger partial charge in [0.15, 0.2) is 5.78 Å². The smallest absolute Gasteiger partial charge is 0.408 e. The Morgan fingerprint density at radius 1 is 1.35 bits per heavy atom. The average molecular weight is 360 g/mol. The van der Waals surface area contributed by atoms with Gasteiger partial charge >= 0.3 is 6.09 Å². The van der Waals surface area contributed by atoms with Crippen LogP contribution in [0.2, 0.25) is 10.0 Å². The Morgan fingerprint density at radius 3 is 2.57 bits per heavy atom. The van der Waals surface area contributed by atoms with E-state index in [9.17, 15) is 9.59 Å². The van der Waals surface area contributed by atoms with E-state index >= 15 is 0 Å². The molecule has 1 unspecified atom stereocenters. The maximum Gasteiger partial charge on any atom is 0.408 e. The summed E-state index contributed by atoms with van der Waals surface area (Å²) in [6, 6.07) is 4.44. The van der Waals surface area contributed by atoms with E-state index in [0.717, 1.165) is 0 Å². The molecule has 0 spiro atoms. The van der Waals surface area contributed by atoms with Gasteiger partial charge in [-0.05, 0) is 18.6 Å². The number of rotatable bonds is 9. The molecule has 0 fully saturated rings. The SMILES string of the molecule is C=CCOC(=O)NC(CC)C(=O)COCc1c(Cl)cccc1Cl. The summed E-state index contributed by atoms with van der Waals surface area (Å²) in [6.45, 7) is 5.25. The maximum absolute atomic E-state index is 12.1. The summed E-state index contributed by atoms with van der Waals surface area (Å²) < 4.78 is 10.1. The van der Waals surface area contributed by atoms with Crippen LogP contribution in [0.4, 0.5) is 4.79 Å². The van der Waals surface area contributed by atoms with E-state index in [1.54, 1.807) is 25.1 Å². The third-order valence-corrected chi connectivity index (χ3v) is 3.68. The van der Waals surface area contributed by atoms with Crippen molar-refractivity contribution in [1.29, 1.82) is 0 Å². The fourth-order valence-electron chi connectivity index (χ4n) is 1.75. The van der Waals surface area contributed by atoms with Crippen LogP contribution < -0.4 is 5.32 Å². The molecular weight excluding hydrogens is 341 g/mol. The van der Waals surface area contributed by atoms with Crippen molar-refractivity contribution in [2.75, 3.05) is 13.2 Å². The zero-order chi connectivity index (χ0) is 17.2. The normalized spacial score (nSPS) is 11.6. The highest BCUT2D eigenvalue weighted by atomic mass is 35.5. The summed E-state index contributed by atoms with van der Waals surface area (Å²) in [5, 5.41) is 3.43. The summed E-state index contributed by atoms with van der Waals surface area (Å²) in [5.41, 5.74) is 0.620. The Hall–Kier alpha value is -1.56. The molecule has 23 heavy (non-hydrogen) atoms. The number of Topliss-reactive ketones (excluding diaryl/α,β-unsaturated/α-hetero) is 1. The van der Waals surface area contributed by atoms with Crippen molar-refractivity contribution in [3.8, 4) is 0 Å². The number of hydrogen-bond donors (Lipinski definition) is 1. The average Bonchev–Trinajstić information content (AvgIpc) is 2.53. The highest BCUT2D eigenvalue weighted by molar-refractivity contribution is 6.35. The minimum Gasteiger partial charge on any atom is -0.445 e. The molecule has 7 heteroatoms. The number of carbonyl (C=O) groups excluding carboxylic acids is 2. The van der Waals surface area contributed by atoms with Crippen molar-refractivity contribution < 1.29 is 19.1 Å². The molecule has 0 heterocycles. The molecule has 1 atom stereocenters. The third kappa shape index (κ3) is 6.60. The Morgan fingerprint density at radius 2 is 2.00 bits per heavy atom. The number of ketones is 1. The van der Waals surface area contributed by atoms with Crippen LogP contribution in [0.25, 0.3) is 0 Å². The lowest BCUT2D eigenvalue weighted by Crippen LogP contribution is -2.42. The molecule has 0 aliphatic carbocycles. The fraction of sp³-hybridized carbons (Fsp3) is 0.375. The zero-order valence-electron chi connectivity index (χ0n) is 12.8. The van der Waals surface area contributed by atoms with Crippen LogP contribution in [0.1, 0.15) is 18.9 Å². The van der Waals surface area contributed by atoms with Gasteiger partial charge in [0, 0.05) is 15.6 Å². The fourth-order valence-corrected chi connectivity index (χ4v) is 2.26. The second-order valence-corrected chi connectivity index (χ2v) is 5.47. The van der Waals surface area contributed by atoms with E-state index in [0.29, 0.717) is 22.0 Å². The number of halogens is 2. The lowest BCUT2D eigenvalue weighted by Gasteiger charge is -2.16. The molecule has 1 amide bonds. The molecule has 5 nitrogen and oxygen atoms in total. The molecule has 0 radical (unpaired) electrons. The predicted molar refractivity (Wildman–Crippen MR) is 89.9 cm³/mol. The molecule has 126 valence electrons. The first-order valence-electron chi connectivity index (χ1n) is 7.07. The topological polar surface area (TPSA) is 64.6 Å². The van der Waals surface area contributed by atoms with Crippen LogP contribution >= 0.6 is 23.2 Å². The third-order valence-electron chi connectivity index (χ3n) is 2.97. The summed E-state index contributed by atoms with van der Waals surface area (Å²) in [6.07, 6.45) is 1.20. The summed E-state index contributed by atoms with van der Waals surface area (Å²) >= 11 is 12.0. The molecule has 1 aromatic rings. The summed E-state index contributed by atoms with van der Waals surface area (Å²) in [7, 11) is 0. The first-order chi connectivity index (χ1) is 11.0. The largest absolute Gasteiger partial charge is 0.445 e. The van der Waals surface area contributed by atoms with E-state index in [1.807, 2.05) is 0 Å².